The van der Waals surface area contributed by atoms with E-state index in [0.29, 0.717) is 5.56 Å². The van der Waals surface area contributed by atoms with Gasteiger partial charge in [-0.1, -0.05) is 23.4 Å². The predicted octanol–water partition coefficient (Wildman–Crippen LogP) is 0.0193. The maximum absolute atomic E-state index is 11.9. The Bertz CT molecular complexity index is 569. The molecule has 8 heteroatoms. The second-order valence-electron chi connectivity index (χ2n) is 4.23. The van der Waals surface area contributed by atoms with Crippen molar-refractivity contribution in [1.82, 2.24) is 8.61 Å². The monoisotopic (exact) mass is 286 g/mol. The lowest BCUT2D eigenvalue weighted by Gasteiger charge is -2.21. The van der Waals surface area contributed by atoms with Gasteiger partial charge in [-0.15, -0.1) is 0 Å². The molecular weight excluding hydrogens is 268 g/mol. The molecule has 0 fully saturated rings. The van der Waals surface area contributed by atoms with Crippen LogP contribution in [0.2, 0.25) is 0 Å². The fourth-order valence-electron chi connectivity index (χ4n) is 1.50. The van der Waals surface area contributed by atoms with Gasteiger partial charge >= 0.3 is 0 Å². The van der Waals surface area contributed by atoms with Gasteiger partial charge in [-0.05, 0) is 11.6 Å². The predicted molar refractivity (Wildman–Crippen MR) is 73.0 cm³/mol. The zero-order chi connectivity index (χ0) is 14.6. The first kappa shape index (κ1) is 15.4. The summed E-state index contributed by atoms with van der Waals surface area (Å²) in [7, 11) is 0.975. The van der Waals surface area contributed by atoms with Crippen LogP contribution < -0.4 is 5.73 Å². The molecule has 1 aromatic rings. The zero-order valence-electron chi connectivity index (χ0n) is 11.1. The second kappa shape index (κ2) is 6.00. The molecule has 0 aliphatic heterocycles. The van der Waals surface area contributed by atoms with Gasteiger partial charge in [-0.3, -0.25) is 0 Å². The van der Waals surface area contributed by atoms with E-state index >= 15 is 0 Å². The third kappa shape index (κ3) is 3.66. The molecule has 0 bridgehead atoms. The first-order valence-corrected chi connectivity index (χ1v) is 6.89. The number of oxime groups is 1. The molecule has 0 saturated heterocycles. The summed E-state index contributed by atoms with van der Waals surface area (Å²) in [6.45, 7) is 0.201. The molecule has 0 aliphatic rings. The van der Waals surface area contributed by atoms with Gasteiger partial charge in [0.05, 0.1) is 0 Å². The van der Waals surface area contributed by atoms with Crippen molar-refractivity contribution in [3.05, 3.63) is 35.4 Å². The molecular formula is C11H18N4O3S. The lowest BCUT2D eigenvalue weighted by Crippen LogP contribution is -2.36. The summed E-state index contributed by atoms with van der Waals surface area (Å²) in [4.78, 5) is 0. The van der Waals surface area contributed by atoms with Crippen molar-refractivity contribution in [1.29, 1.82) is 0 Å². The fourth-order valence-corrected chi connectivity index (χ4v) is 2.37. The molecule has 0 aliphatic carbocycles. The smallest absolute Gasteiger partial charge is 0.281 e. The number of benzene rings is 1. The highest BCUT2D eigenvalue weighted by Crippen LogP contribution is 2.11. The van der Waals surface area contributed by atoms with E-state index < -0.39 is 10.2 Å². The summed E-state index contributed by atoms with van der Waals surface area (Å²) in [6, 6.07) is 6.85. The third-order valence-corrected chi connectivity index (χ3v) is 4.43. The molecule has 0 radical (unpaired) electrons. The van der Waals surface area contributed by atoms with Crippen LogP contribution in [0.1, 0.15) is 11.1 Å². The van der Waals surface area contributed by atoms with Crippen LogP contribution in [0.15, 0.2) is 29.4 Å². The summed E-state index contributed by atoms with van der Waals surface area (Å²) < 4.78 is 26.1. The Morgan fingerprint density at radius 3 is 2.53 bits per heavy atom. The lowest BCUT2D eigenvalue weighted by atomic mass is 10.1. The van der Waals surface area contributed by atoms with E-state index in [4.69, 9.17) is 10.9 Å². The van der Waals surface area contributed by atoms with Crippen molar-refractivity contribution in [2.45, 2.75) is 6.54 Å². The van der Waals surface area contributed by atoms with Crippen LogP contribution in [0.3, 0.4) is 0 Å². The Labute approximate surface area is 113 Å². The normalized spacial score (nSPS) is 13.2. The molecule has 0 amide bonds. The minimum atomic E-state index is -3.46. The van der Waals surface area contributed by atoms with Crippen molar-refractivity contribution in [3.63, 3.8) is 0 Å². The van der Waals surface area contributed by atoms with E-state index in [0.717, 1.165) is 9.87 Å². The highest BCUT2D eigenvalue weighted by Gasteiger charge is 2.20. The number of hydrogen-bond acceptors (Lipinski definition) is 4. The van der Waals surface area contributed by atoms with Crippen molar-refractivity contribution in [3.8, 4) is 0 Å². The quantitative estimate of drug-likeness (QED) is 0.345. The molecule has 1 aromatic carbocycles. The molecule has 0 unspecified atom stereocenters. The Balaban J connectivity index is 2.95. The topological polar surface area (TPSA) is 99.2 Å². The number of hydrogen-bond donors (Lipinski definition) is 2. The highest BCUT2D eigenvalue weighted by molar-refractivity contribution is 7.86. The van der Waals surface area contributed by atoms with Gasteiger partial charge in [-0.2, -0.15) is 17.0 Å². The molecule has 0 spiro atoms. The van der Waals surface area contributed by atoms with Crippen molar-refractivity contribution in [2.75, 3.05) is 21.1 Å². The maximum Gasteiger partial charge on any atom is 0.281 e. The lowest BCUT2D eigenvalue weighted by molar-refractivity contribution is 0.318. The highest BCUT2D eigenvalue weighted by atomic mass is 32.2. The van der Waals surface area contributed by atoms with Gasteiger partial charge in [0, 0.05) is 33.3 Å². The van der Waals surface area contributed by atoms with Crippen molar-refractivity contribution in [2.24, 2.45) is 10.9 Å². The molecule has 7 nitrogen and oxygen atoms in total. The van der Waals surface area contributed by atoms with E-state index in [2.05, 4.69) is 5.16 Å². The minimum absolute atomic E-state index is 0.0139. The largest absolute Gasteiger partial charge is 0.409 e. The Kier molecular flexibility index (Phi) is 4.87. The van der Waals surface area contributed by atoms with Gasteiger partial charge in [0.25, 0.3) is 10.2 Å². The Morgan fingerprint density at radius 1 is 1.37 bits per heavy atom. The Morgan fingerprint density at radius 2 is 2.00 bits per heavy atom. The summed E-state index contributed by atoms with van der Waals surface area (Å²) in [5.41, 5.74) is 6.77. The number of nitrogens with two attached hydrogens (primary N) is 1. The van der Waals surface area contributed by atoms with Crippen LogP contribution in [0.4, 0.5) is 0 Å². The molecule has 106 valence electrons. The molecule has 3 N–H and O–H groups in total. The summed E-state index contributed by atoms with van der Waals surface area (Å²) in [5.74, 6) is -0.0139. The summed E-state index contributed by atoms with van der Waals surface area (Å²) in [5, 5.41) is 11.5. The summed E-state index contributed by atoms with van der Waals surface area (Å²) >= 11 is 0. The van der Waals surface area contributed by atoms with E-state index in [1.807, 2.05) is 0 Å². The SMILES string of the molecule is CN(C)S(=O)(=O)N(C)Cc1cccc(C(N)=NO)c1. The third-order valence-electron chi connectivity index (χ3n) is 2.59. The first-order chi connectivity index (χ1) is 8.78. The summed E-state index contributed by atoms with van der Waals surface area (Å²) in [6.07, 6.45) is 0. The molecule has 19 heavy (non-hydrogen) atoms. The minimum Gasteiger partial charge on any atom is -0.409 e. The maximum atomic E-state index is 11.9. The number of nitrogens with zero attached hydrogens (tertiary/aromatic N) is 3. The second-order valence-corrected chi connectivity index (χ2v) is 6.48. The average Bonchev–Trinajstić information content (AvgIpc) is 2.37. The van der Waals surface area contributed by atoms with Gasteiger partial charge < -0.3 is 10.9 Å². The molecule has 0 aromatic heterocycles. The average molecular weight is 286 g/mol. The van der Waals surface area contributed by atoms with Crippen LogP contribution >= 0.6 is 0 Å². The van der Waals surface area contributed by atoms with E-state index in [1.165, 1.54) is 25.4 Å². The van der Waals surface area contributed by atoms with Gasteiger partial charge in [-0.25, -0.2) is 0 Å². The van der Waals surface area contributed by atoms with Gasteiger partial charge in [0.2, 0.25) is 0 Å². The standard InChI is InChI=1S/C11H18N4O3S/c1-14(2)19(17,18)15(3)8-9-5-4-6-10(7-9)11(12)13-16/h4-7,16H,8H2,1-3H3,(H2,12,13). The molecule has 1 rings (SSSR count). The molecule has 0 saturated carbocycles. The van der Waals surface area contributed by atoms with Crippen LogP contribution in [-0.2, 0) is 16.8 Å². The van der Waals surface area contributed by atoms with E-state index in [9.17, 15) is 8.42 Å². The Hall–Kier alpha value is -1.64. The van der Waals surface area contributed by atoms with Crippen LogP contribution in [-0.4, -0.2) is 49.2 Å². The van der Waals surface area contributed by atoms with E-state index in [1.54, 1.807) is 24.3 Å². The molecule has 0 heterocycles. The molecule has 0 atom stereocenters. The number of rotatable bonds is 5. The van der Waals surface area contributed by atoms with Crippen LogP contribution in [0.25, 0.3) is 0 Å². The zero-order valence-corrected chi connectivity index (χ0v) is 11.9. The van der Waals surface area contributed by atoms with Gasteiger partial charge in [0.1, 0.15) is 0 Å². The van der Waals surface area contributed by atoms with Crippen LogP contribution in [0, 0.1) is 0 Å². The van der Waals surface area contributed by atoms with Crippen molar-refractivity contribution < 1.29 is 13.6 Å². The van der Waals surface area contributed by atoms with E-state index in [-0.39, 0.29) is 12.4 Å². The number of amidine groups is 1. The van der Waals surface area contributed by atoms with Gasteiger partial charge in [0.15, 0.2) is 5.84 Å². The fraction of sp³-hybridized carbons (Fsp3) is 0.364. The van der Waals surface area contributed by atoms with Crippen molar-refractivity contribution >= 4 is 16.0 Å². The van der Waals surface area contributed by atoms with Crippen LogP contribution in [0.5, 0.6) is 0 Å². The first-order valence-electron chi connectivity index (χ1n) is 5.49.